The number of rotatable bonds is 16. The highest BCUT2D eigenvalue weighted by molar-refractivity contribution is 7.80. The molecule has 0 aliphatic rings. The molecule has 0 fully saturated rings. The average molecular weight is 379 g/mol. The van der Waals surface area contributed by atoms with Gasteiger partial charge in [-0.25, -0.2) is 4.18 Å². The van der Waals surface area contributed by atoms with Crippen LogP contribution in [0.25, 0.3) is 0 Å². The lowest BCUT2D eigenvalue weighted by Crippen LogP contribution is -2.08. The van der Waals surface area contributed by atoms with Gasteiger partial charge in [-0.1, -0.05) is 92.4 Å². The van der Waals surface area contributed by atoms with Gasteiger partial charge in [-0.05, 0) is 30.1 Å². The van der Waals surface area contributed by atoms with E-state index in [4.69, 9.17) is 4.55 Å². The van der Waals surface area contributed by atoms with Gasteiger partial charge in [0.05, 0.1) is 6.61 Å². The minimum atomic E-state index is -4.28. The lowest BCUT2D eigenvalue weighted by atomic mass is 9.91. The SMILES string of the molecule is CC(C)CCC[C@H](C)CCC[C@H](C)CCCC(C)CCOS(=O)(=O)O. The van der Waals surface area contributed by atoms with E-state index in [0.29, 0.717) is 12.3 Å². The molecule has 0 spiro atoms. The van der Waals surface area contributed by atoms with Crippen LogP contribution in [0, 0.1) is 23.7 Å². The van der Waals surface area contributed by atoms with E-state index >= 15 is 0 Å². The zero-order valence-electron chi connectivity index (χ0n) is 17.2. The Morgan fingerprint density at radius 1 is 0.680 bits per heavy atom. The van der Waals surface area contributed by atoms with Gasteiger partial charge >= 0.3 is 10.4 Å². The normalized spacial score (nSPS) is 16.1. The molecular formula is C20H42O4S. The molecule has 0 amide bonds. The maximum Gasteiger partial charge on any atom is 0.397 e. The van der Waals surface area contributed by atoms with E-state index in [1.54, 1.807) is 0 Å². The molecule has 0 radical (unpaired) electrons. The molecular weight excluding hydrogens is 336 g/mol. The van der Waals surface area contributed by atoms with Crippen molar-refractivity contribution in [3.05, 3.63) is 0 Å². The Kier molecular flexibility index (Phi) is 13.9. The highest BCUT2D eigenvalue weighted by atomic mass is 32.3. The summed E-state index contributed by atoms with van der Waals surface area (Å²) >= 11 is 0. The van der Waals surface area contributed by atoms with E-state index in [0.717, 1.165) is 24.2 Å². The molecule has 0 saturated carbocycles. The van der Waals surface area contributed by atoms with Gasteiger partial charge in [-0.3, -0.25) is 4.55 Å². The summed E-state index contributed by atoms with van der Waals surface area (Å²) in [5.74, 6) is 2.88. The largest absolute Gasteiger partial charge is 0.397 e. The molecule has 0 bridgehead atoms. The molecule has 1 N–H and O–H groups in total. The molecule has 3 atom stereocenters. The first-order valence-electron chi connectivity index (χ1n) is 10.2. The second kappa shape index (κ2) is 14.0. The summed E-state index contributed by atoms with van der Waals surface area (Å²) in [5.41, 5.74) is 0. The van der Waals surface area contributed by atoms with Crippen molar-refractivity contribution >= 4 is 10.4 Å². The van der Waals surface area contributed by atoms with Crippen LogP contribution in [0.5, 0.6) is 0 Å². The van der Waals surface area contributed by atoms with Crippen molar-refractivity contribution in [2.24, 2.45) is 23.7 Å². The first kappa shape index (κ1) is 24.9. The highest BCUT2D eigenvalue weighted by Gasteiger charge is 2.10. The smallest absolute Gasteiger partial charge is 0.264 e. The third-order valence-electron chi connectivity index (χ3n) is 5.11. The van der Waals surface area contributed by atoms with Crippen LogP contribution in [-0.2, 0) is 14.6 Å². The summed E-state index contributed by atoms with van der Waals surface area (Å²) in [7, 11) is -4.28. The molecule has 0 aromatic rings. The fraction of sp³-hybridized carbons (Fsp3) is 1.00. The van der Waals surface area contributed by atoms with E-state index in [1.807, 2.05) is 0 Å². The van der Waals surface area contributed by atoms with Gasteiger partial charge < -0.3 is 0 Å². The van der Waals surface area contributed by atoms with Gasteiger partial charge in [-0.2, -0.15) is 8.42 Å². The highest BCUT2D eigenvalue weighted by Crippen LogP contribution is 2.22. The fourth-order valence-corrected chi connectivity index (χ4v) is 3.60. The van der Waals surface area contributed by atoms with E-state index in [1.165, 1.54) is 51.4 Å². The molecule has 0 aromatic carbocycles. The monoisotopic (exact) mass is 378 g/mol. The summed E-state index contributed by atoms with van der Waals surface area (Å²) in [5, 5.41) is 0. The minimum Gasteiger partial charge on any atom is -0.264 e. The molecule has 0 aromatic heterocycles. The quantitative estimate of drug-likeness (QED) is 0.321. The van der Waals surface area contributed by atoms with E-state index in [9.17, 15) is 8.42 Å². The van der Waals surface area contributed by atoms with Crippen LogP contribution < -0.4 is 0 Å². The van der Waals surface area contributed by atoms with E-state index in [-0.39, 0.29) is 6.61 Å². The second-order valence-corrected chi connectivity index (χ2v) is 9.63. The van der Waals surface area contributed by atoms with Crippen molar-refractivity contribution in [1.82, 2.24) is 0 Å². The molecule has 0 aliphatic heterocycles. The van der Waals surface area contributed by atoms with Gasteiger partial charge in [0.2, 0.25) is 0 Å². The Balaban J connectivity index is 3.58. The topological polar surface area (TPSA) is 63.6 Å². The maximum atomic E-state index is 10.5. The van der Waals surface area contributed by atoms with E-state index < -0.39 is 10.4 Å². The van der Waals surface area contributed by atoms with Crippen LogP contribution in [0.4, 0.5) is 0 Å². The van der Waals surface area contributed by atoms with Gasteiger partial charge in [0.25, 0.3) is 0 Å². The van der Waals surface area contributed by atoms with E-state index in [2.05, 4.69) is 38.8 Å². The van der Waals surface area contributed by atoms with Gasteiger partial charge in [0.15, 0.2) is 0 Å². The van der Waals surface area contributed by atoms with Crippen LogP contribution in [0.3, 0.4) is 0 Å². The summed E-state index contributed by atoms with van der Waals surface area (Å²) in [4.78, 5) is 0. The van der Waals surface area contributed by atoms with Crippen LogP contribution >= 0.6 is 0 Å². The predicted molar refractivity (Wildman–Crippen MR) is 106 cm³/mol. The molecule has 0 rings (SSSR count). The minimum absolute atomic E-state index is 0.0737. The molecule has 5 heteroatoms. The number of hydrogen-bond acceptors (Lipinski definition) is 3. The van der Waals surface area contributed by atoms with Crippen LogP contribution in [0.2, 0.25) is 0 Å². The van der Waals surface area contributed by atoms with Crippen molar-refractivity contribution in [2.45, 2.75) is 98.8 Å². The predicted octanol–water partition coefficient (Wildman–Crippen LogP) is 6.27. The summed E-state index contributed by atoms with van der Waals surface area (Å²) in [6.45, 7) is 11.5. The van der Waals surface area contributed by atoms with Crippen LogP contribution in [0.15, 0.2) is 0 Å². The molecule has 0 heterocycles. The molecule has 0 saturated heterocycles. The first-order valence-corrected chi connectivity index (χ1v) is 11.6. The average Bonchev–Trinajstić information content (AvgIpc) is 2.45. The standard InChI is InChI=1S/C20H42O4S/c1-17(2)9-6-10-18(3)11-7-12-19(4)13-8-14-20(5)15-16-24-25(21,22)23/h17-20H,6-16H2,1-5H3,(H,21,22,23)/t18-,19-,20?/m0/s1. The molecule has 0 aliphatic carbocycles. The molecule has 152 valence electrons. The van der Waals surface area contributed by atoms with Gasteiger partial charge in [-0.15, -0.1) is 0 Å². The third-order valence-corrected chi connectivity index (χ3v) is 5.57. The first-order chi connectivity index (χ1) is 11.6. The van der Waals surface area contributed by atoms with Crippen LogP contribution in [-0.4, -0.2) is 19.6 Å². The van der Waals surface area contributed by atoms with Crippen molar-refractivity contribution in [3.63, 3.8) is 0 Å². The third kappa shape index (κ3) is 18.5. The van der Waals surface area contributed by atoms with Gasteiger partial charge in [0.1, 0.15) is 0 Å². The Morgan fingerprint density at radius 2 is 1.04 bits per heavy atom. The van der Waals surface area contributed by atoms with Crippen molar-refractivity contribution < 1.29 is 17.2 Å². The molecule has 1 unspecified atom stereocenters. The molecule has 4 nitrogen and oxygen atoms in total. The fourth-order valence-electron chi connectivity index (χ4n) is 3.29. The Bertz CT molecular complexity index is 406. The Labute approximate surface area is 157 Å². The molecule has 25 heavy (non-hydrogen) atoms. The Hall–Kier alpha value is -0.130. The zero-order valence-corrected chi connectivity index (χ0v) is 18.0. The van der Waals surface area contributed by atoms with Crippen molar-refractivity contribution in [3.8, 4) is 0 Å². The van der Waals surface area contributed by atoms with Crippen molar-refractivity contribution in [2.75, 3.05) is 6.61 Å². The van der Waals surface area contributed by atoms with Crippen molar-refractivity contribution in [1.29, 1.82) is 0 Å². The lowest BCUT2D eigenvalue weighted by Gasteiger charge is -2.16. The maximum absolute atomic E-state index is 10.5. The Morgan fingerprint density at radius 3 is 1.40 bits per heavy atom. The van der Waals surface area contributed by atoms with Gasteiger partial charge in [0, 0.05) is 0 Å². The summed E-state index contributed by atoms with van der Waals surface area (Å²) in [6, 6.07) is 0. The van der Waals surface area contributed by atoms with Crippen LogP contribution in [0.1, 0.15) is 98.8 Å². The number of hydrogen-bond donors (Lipinski definition) is 1. The summed E-state index contributed by atoms with van der Waals surface area (Å²) < 4.78 is 33.9. The zero-order chi connectivity index (χ0) is 19.3. The summed E-state index contributed by atoms with van der Waals surface area (Å²) in [6.07, 6.45) is 12.3. The second-order valence-electron chi connectivity index (χ2n) is 8.54. The lowest BCUT2D eigenvalue weighted by molar-refractivity contribution is 0.244.